The quantitative estimate of drug-likeness (QED) is 0.611. The van der Waals surface area contributed by atoms with Crippen molar-refractivity contribution in [3.63, 3.8) is 0 Å². The van der Waals surface area contributed by atoms with Crippen LogP contribution in [-0.2, 0) is 0 Å². The number of rotatable bonds is 3. The van der Waals surface area contributed by atoms with E-state index in [1.165, 1.54) is 0 Å². The van der Waals surface area contributed by atoms with Crippen LogP contribution in [0.2, 0.25) is 0 Å². The van der Waals surface area contributed by atoms with Crippen LogP contribution in [0.5, 0.6) is 0 Å². The number of benzene rings is 1. The molecule has 0 fully saturated rings. The zero-order valence-corrected chi connectivity index (χ0v) is 9.27. The van der Waals surface area contributed by atoms with E-state index in [2.05, 4.69) is 19.9 Å². The van der Waals surface area contributed by atoms with Crippen LogP contribution in [0, 0.1) is 17.2 Å². The Balaban J connectivity index is 2.83. The molecule has 0 aliphatic carbocycles. The number of nitriles is 1. The van der Waals surface area contributed by atoms with Gasteiger partial charge >= 0.3 is 0 Å². The van der Waals surface area contributed by atoms with Gasteiger partial charge in [0.05, 0.1) is 11.3 Å². The van der Waals surface area contributed by atoms with Crippen LogP contribution in [-0.4, -0.2) is 5.75 Å². The van der Waals surface area contributed by atoms with E-state index in [0.717, 1.165) is 10.6 Å². The summed E-state index contributed by atoms with van der Waals surface area (Å²) in [7, 11) is 0. The van der Waals surface area contributed by atoms with Crippen molar-refractivity contribution in [3.8, 4) is 6.07 Å². The fourth-order valence-corrected chi connectivity index (χ4v) is 1.98. The second-order valence-corrected chi connectivity index (χ2v) is 4.60. The topological polar surface area (TPSA) is 49.8 Å². The molecule has 2 N–H and O–H groups in total. The van der Waals surface area contributed by atoms with Crippen LogP contribution in [0.1, 0.15) is 19.4 Å². The molecule has 0 saturated carbocycles. The standard InChI is InChI=1S/C11H14N2S/c1-8(2)7-14-10-5-3-4-9(6-12)11(10)13/h3-5,8H,7,13H2,1-2H3. The van der Waals surface area contributed by atoms with Crippen molar-refractivity contribution in [1.29, 1.82) is 5.26 Å². The maximum absolute atomic E-state index is 8.78. The lowest BCUT2D eigenvalue weighted by Crippen LogP contribution is -1.95. The number of thioether (sulfide) groups is 1. The van der Waals surface area contributed by atoms with E-state index >= 15 is 0 Å². The van der Waals surface area contributed by atoms with Gasteiger partial charge in [0.2, 0.25) is 0 Å². The van der Waals surface area contributed by atoms with Gasteiger partial charge in [-0.3, -0.25) is 0 Å². The SMILES string of the molecule is CC(C)CSc1cccc(C#N)c1N. The highest BCUT2D eigenvalue weighted by atomic mass is 32.2. The Morgan fingerprint density at radius 1 is 1.50 bits per heavy atom. The number of nitrogens with zero attached hydrogens (tertiary/aromatic N) is 1. The molecule has 1 rings (SSSR count). The number of nitrogen functional groups attached to an aromatic ring is 1. The normalized spacial score (nSPS) is 10.1. The van der Waals surface area contributed by atoms with Crippen molar-refractivity contribution < 1.29 is 0 Å². The highest BCUT2D eigenvalue weighted by Crippen LogP contribution is 2.28. The summed E-state index contributed by atoms with van der Waals surface area (Å²) in [5.74, 6) is 1.66. The molecule has 0 radical (unpaired) electrons. The van der Waals surface area contributed by atoms with E-state index in [9.17, 15) is 0 Å². The van der Waals surface area contributed by atoms with E-state index < -0.39 is 0 Å². The Bertz CT molecular complexity index is 353. The van der Waals surface area contributed by atoms with E-state index in [1.807, 2.05) is 12.1 Å². The molecule has 0 heterocycles. The van der Waals surface area contributed by atoms with Crippen LogP contribution < -0.4 is 5.73 Å². The third-order valence-corrected chi connectivity index (χ3v) is 3.26. The van der Waals surface area contributed by atoms with Gasteiger partial charge in [0, 0.05) is 10.6 Å². The zero-order chi connectivity index (χ0) is 10.6. The minimum absolute atomic E-state index is 0.568. The third-order valence-electron chi connectivity index (χ3n) is 1.76. The number of hydrogen-bond acceptors (Lipinski definition) is 3. The van der Waals surface area contributed by atoms with Crippen LogP contribution in [0.15, 0.2) is 23.1 Å². The molecule has 0 unspecified atom stereocenters. The molecule has 0 aliphatic rings. The van der Waals surface area contributed by atoms with E-state index in [-0.39, 0.29) is 0 Å². The number of para-hydroxylation sites is 1. The predicted octanol–water partition coefficient (Wildman–Crippen LogP) is 2.89. The summed E-state index contributed by atoms with van der Waals surface area (Å²) in [6.45, 7) is 4.33. The average molecular weight is 206 g/mol. The van der Waals surface area contributed by atoms with Crippen LogP contribution >= 0.6 is 11.8 Å². The molecule has 0 aliphatic heterocycles. The van der Waals surface area contributed by atoms with Gasteiger partial charge in [-0.05, 0) is 18.1 Å². The third kappa shape index (κ3) is 2.68. The molecule has 0 amide bonds. The first kappa shape index (κ1) is 10.9. The Hall–Kier alpha value is -1.14. The Kier molecular flexibility index (Phi) is 3.84. The largest absolute Gasteiger partial charge is 0.397 e. The molecule has 1 aromatic rings. The van der Waals surface area contributed by atoms with Crippen molar-refractivity contribution in [1.82, 2.24) is 0 Å². The summed E-state index contributed by atoms with van der Waals surface area (Å²) in [6, 6.07) is 7.66. The number of hydrogen-bond donors (Lipinski definition) is 1. The van der Waals surface area contributed by atoms with Crippen molar-refractivity contribution in [2.24, 2.45) is 5.92 Å². The van der Waals surface area contributed by atoms with Gasteiger partial charge in [0.1, 0.15) is 6.07 Å². The minimum Gasteiger partial charge on any atom is -0.397 e. The van der Waals surface area contributed by atoms with Gasteiger partial charge in [-0.25, -0.2) is 0 Å². The maximum Gasteiger partial charge on any atom is 0.101 e. The molecule has 0 bridgehead atoms. The van der Waals surface area contributed by atoms with Gasteiger partial charge in [0.15, 0.2) is 0 Å². The fraction of sp³-hybridized carbons (Fsp3) is 0.364. The summed E-state index contributed by atoms with van der Waals surface area (Å²) in [5.41, 5.74) is 7.02. The summed E-state index contributed by atoms with van der Waals surface area (Å²) < 4.78 is 0. The van der Waals surface area contributed by atoms with Gasteiger partial charge < -0.3 is 5.73 Å². The first-order chi connectivity index (χ1) is 6.65. The first-order valence-corrected chi connectivity index (χ1v) is 5.55. The molecule has 0 spiro atoms. The smallest absolute Gasteiger partial charge is 0.101 e. The summed E-state index contributed by atoms with van der Waals surface area (Å²) >= 11 is 1.71. The molecular formula is C11H14N2S. The zero-order valence-electron chi connectivity index (χ0n) is 8.45. The van der Waals surface area contributed by atoms with Crippen molar-refractivity contribution in [3.05, 3.63) is 23.8 Å². The first-order valence-electron chi connectivity index (χ1n) is 4.56. The van der Waals surface area contributed by atoms with E-state index in [0.29, 0.717) is 17.2 Å². The van der Waals surface area contributed by atoms with Crippen molar-refractivity contribution >= 4 is 17.4 Å². The molecule has 0 saturated heterocycles. The van der Waals surface area contributed by atoms with Crippen LogP contribution in [0.3, 0.4) is 0 Å². The van der Waals surface area contributed by atoms with Crippen molar-refractivity contribution in [2.75, 3.05) is 11.5 Å². The average Bonchev–Trinajstić information content (AvgIpc) is 2.16. The van der Waals surface area contributed by atoms with E-state index in [4.69, 9.17) is 11.0 Å². The highest BCUT2D eigenvalue weighted by Gasteiger charge is 2.05. The molecule has 2 nitrogen and oxygen atoms in total. The second-order valence-electron chi connectivity index (χ2n) is 3.53. The molecule has 0 atom stereocenters. The Morgan fingerprint density at radius 2 is 2.21 bits per heavy atom. The van der Waals surface area contributed by atoms with Gasteiger partial charge in [-0.2, -0.15) is 5.26 Å². The molecule has 74 valence electrons. The lowest BCUT2D eigenvalue weighted by atomic mass is 10.2. The molecule has 0 aromatic heterocycles. The second kappa shape index (κ2) is 4.92. The number of nitrogens with two attached hydrogens (primary N) is 1. The fourth-order valence-electron chi connectivity index (χ4n) is 1.02. The summed E-state index contributed by atoms with van der Waals surface area (Å²) in [5, 5.41) is 8.78. The lowest BCUT2D eigenvalue weighted by Gasteiger charge is -2.07. The Morgan fingerprint density at radius 3 is 2.79 bits per heavy atom. The van der Waals surface area contributed by atoms with Crippen LogP contribution in [0.4, 0.5) is 5.69 Å². The van der Waals surface area contributed by atoms with Gasteiger partial charge in [-0.1, -0.05) is 19.9 Å². The van der Waals surface area contributed by atoms with Crippen molar-refractivity contribution in [2.45, 2.75) is 18.7 Å². The predicted molar refractivity (Wildman–Crippen MR) is 61.1 cm³/mol. The lowest BCUT2D eigenvalue weighted by molar-refractivity contribution is 0.750. The molecule has 14 heavy (non-hydrogen) atoms. The molecular weight excluding hydrogens is 192 g/mol. The summed E-state index contributed by atoms with van der Waals surface area (Å²) in [4.78, 5) is 1.01. The maximum atomic E-state index is 8.78. The Labute approximate surface area is 89.1 Å². The monoisotopic (exact) mass is 206 g/mol. The summed E-state index contributed by atoms with van der Waals surface area (Å²) in [6.07, 6.45) is 0. The number of anilines is 1. The van der Waals surface area contributed by atoms with E-state index in [1.54, 1.807) is 17.8 Å². The molecule has 1 aromatic carbocycles. The minimum atomic E-state index is 0.568. The highest BCUT2D eigenvalue weighted by molar-refractivity contribution is 7.99. The van der Waals surface area contributed by atoms with Gasteiger partial charge in [-0.15, -0.1) is 11.8 Å². The van der Waals surface area contributed by atoms with Gasteiger partial charge in [0.25, 0.3) is 0 Å². The molecule has 3 heteroatoms. The van der Waals surface area contributed by atoms with Crippen LogP contribution in [0.25, 0.3) is 0 Å².